The molecule has 2 saturated heterocycles. The molecule has 1 atom stereocenters. The number of amides is 4. The lowest BCUT2D eigenvalue weighted by molar-refractivity contribution is -0.136. The van der Waals surface area contributed by atoms with Gasteiger partial charge in [0.1, 0.15) is 6.04 Å². The smallest absolute Gasteiger partial charge is 0.262 e. The third kappa shape index (κ3) is 3.35. The molecular formula is C20H24N4O5. The number of hydrogen-bond acceptors (Lipinski definition) is 7. The van der Waals surface area contributed by atoms with E-state index in [1.807, 2.05) is 6.07 Å². The average Bonchev–Trinajstić information content (AvgIpc) is 2.90. The molecule has 1 aromatic rings. The Hall–Kier alpha value is -2.62. The summed E-state index contributed by atoms with van der Waals surface area (Å²) >= 11 is 0. The highest BCUT2D eigenvalue weighted by Crippen LogP contribution is 2.31. The molecule has 3 heterocycles. The molecule has 0 radical (unpaired) electrons. The van der Waals surface area contributed by atoms with Gasteiger partial charge in [0.2, 0.25) is 11.8 Å². The third-order valence-electron chi connectivity index (χ3n) is 5.97. The van der Waals surface area contributed by atoms with Gasteiger partial charge in [-0.1, -0.05) is 6.07 Å². The fourth-order valence-corrected chi connectivity index (χ4v) is 4.41. The van der Waals surface area contributed by atoms with Crippen LogP contribution in [0.2, 0.25) is 0 Å². The Balaban J connectivity index is 1.48. The molecule has 154 valence electrons. The Bertz CT molecular complexity index is 893. The highest BCUT2D eigenvalue weighted by molar-refractivity contribution is 6.23. The van der Waals surface area contributed by atoms with E-state index in [1.165, 1.54) is 0 Å². The lowest BCUT2D eigenvalue weighted by atomic mass is 9.89. The number of carbonyl (C=O) groups excluding carboxylic acids is 4. The number of carbonyl (C=O) groups is 4. The van der Waals surface area contributed by atoms with Gasteiger partial charge in [-0.25, -0.2) is 0 Å². The molecule has 29 heavy (non-hydrogen) atoms. The van der Waals surface area contributed by atoms with E-state index in [0.717, 1.165) is 30.0 Å². The molecule has 2 fully saturated rings. The summed E-state index contributed by atoms with van der Waals surface area (Å²) < 4.78 is 5.60. The van der Waals surface area contributed by atoms with E-state index in [9.17, 15) is 19.2 Å². The van der Waals surface area contributed by atoms with E-state index in [0.29, 0.717) is 24.2 Å². The number of ether oxygens (including phenoxy) is 1. The van der Waals surface area contributed by atoms with Crippen LogP contribution in [-0.2, 0) is 20.9 Å². The molecule has 0 aliphatic carbocycles. The largest absolute Gasteiger partial charge is 0.376 e. The van der Waals surface area contributed by atoms with E-state index in [2.05, 4.69) is 10.2 Å². The van der Waals surface area contributed by atoms with E-state index in [1.54, 1.807) is 19.2 Å². The van der Waals surface area contributed by atoms with Crippen LogP contribution in [0, 0.1) is 0 Å². The fourth-order valence-electron chi connectivity index (χ4n) is 4.41. The minimum atomic E-state index is -0.947. The molecular weight excluding hydrogens is 376 g/mol. The van der Waals surface area contributed by atoms with E-state index >= 15 is 0 Å². The van der Waals surface area contributed by atoms with Gasteiger partial charge >= 0.3 is 0 Å². The van der Waals surface area contributed by atoms with Gasteiger partial charge in [0.15, 0.2) is 0 Å². The lowest BCUT2D eigenvalue weighted by Gasteiger charge is -2.49. The molecule has 4 amide bonds. The first kappa shape index (κ1) is 19.7. The van der Waals surface area contributed by atoms with Gasteiger partial charge < -0.3 is 10.5 Å². The van der Waals surface area contributed by atoms with E-state index < -0.39 is 23.8 Å². The first-order valence-corrected chi connectivity index (χ1v) is 9.69. The van der Waals surface area contributed by atoms with Crippen LogP contribution in [0.5, 0.6) is 0 Å². The molecule has 3 N–H and O–H groups in total. The van der Waals surface area contributed by atoms with Crippen molar-refractivity contribution < 1.29 is 23.9 Å². The van der Waals surface area contributed by atoms with Crippen molar-refractivity contribution in [3.63, 3.8) is 0 Å². The maximum atomic E-state index is 12.9. The minimum absolute atomic E-state index is 0.105. The SMILES string of the molecule is COC1(CCN)CN(Cc2ccc3c(c2)C(=O)N(C2CCC(=O)NC2=O)C3=O)C1. The summed E-state index contributed by atoms with van der Waals surface area (Å²) in [6.45, 7) is 2.70. The maximum absolute atomic E-state index is 12.9. The molecule has 0 saturated carbocycles. The molecule has 0 bridgehead atoms. The monoisotopic (exact) mass is 400 g/mol. The summed E-state index contributed by atoms with van der Waals surface area (Å²) in [4.78, 5) is 52.3. The van der Waals surface area contributed by atoms with Crippen molar-refractivity contribution in [2.24, 2.45) is 5.73 Å². The fraction of sp³-hybridized carbons (Fsp3) is 0.500. The highest BCUT2D eigenvalue weighted by Gasteiger charge is 2.45. The molecule has 3 aliphatic heterocycles. The van der Waals surface area contributed by atoms with Crippen molar-refractivity contribution in [1.29, 1.82) is 0 Å². The Kier molecular flexibility index (Phi) is 4.97. The van der Waals surface area contributed by atoms with Gasteiger partial charge in [-0.3, -0.25) is 34.3 Å². The second-order valence-electron chi connectivity index (χ2n) is 7.90. The summed E-state index contributed by atoms with van der Waals surface area (Å²) in [6.07, 6.45) is 1.04. The first-order chi connectivity index (χ1) is 13.9. The Morgan fingerprint density at radius 2 is 1.90 bits per heavy atom. The second kappa shape index (κ2) is 7.33. The van der Waals surface area contributed by atoms with Gasteiger partial charge in [0.05, 0.1) is 16.7 Å². The van der Waals surface area contributed by atoms with Crippen LogP contribution in [0.3, 0.4) is 0 Å². The third-order valence-corrected chi connectivity index (χ3v) is 5.97. The molecule has 0 aromatic heterocycles. The van der Waals surface area contributed by atoms with Gasteiger partial charge in [-0.2, -0.15) is 0 Å². The number of fused-ring (bicyclic) bond motifs is 1. The summed E-state index contributed by atoms with van der Waals surface area (Å²) in [7, 11) is 1.69. The zero-order valence-corrected chi connectivity index (χ0v) is 16.3. The first-order valence-electron chi connectivity index (χ1n) is 9.69. The number of nitrogens with one attached hydrogen (secondary N) is 1. The molecule has 4 rings (SSSR count). The van der Waals surface area contributed by atoms with Crippen molar-refractivity contribution in [1.82, 2.24) is 15.1 Å². The standard InChI is InChI=1S/C20H24N4O5/c1-29-20(6-7-21)10-23(11-20)9-12-2-3-13-14(8-12)19(28)24(18(13)27)15-4-5-16(25)22-17(15)26/h2-3,8,15H,4-7,9-11,21H2,1H3,(H,22,25,26). The number of likely N-dealkylation sites (tertiary alicyclic amines) is 1. The van der Waals surface area contributed by atoms with Crippen LogP contribution in [-0.4, -0.2) is 71.8 Å². The predicted molar refractivity (Wildman–Crippen MR) is 102 cm³/mol. The lowest BCUT2D eigenvalue weighted by Crippen LogP contribution is -2.62. The summed E-state index contributed by atoms with van der Waals surface area (Å²) in [5.41, 5.74) is 6.96. The number of imide groups is 2. The predicted octanol–water partition coefficient (Wildman–Crippen LogP) is -0.363. The van der Waals surface area contributed by atoms with Crippen LogP contribution < -0.4 is 11.1 Å². The van der Waals surface area contributed by atoms with E-state index in [4.69, 9.17) is 10.5 Å². The number of piperidine rings is 1. The summed E-state index contributed by atoms with van der Waals surface area (Å²) in [5, 5.41) is 2.20. The van der Waals surface area contributed by atoms with Crippen LogP contribution >= 0.6 is 0 Å². The normalized spacial score (nSPS) is 23.8. The zero-order valence-electron chi connectivity index (χ0n) is 16.3. The average molecular weight is 400 g/mol. The number of nitrogens with two attached hydrogens (primary N) is 1. The van der Waals surface area contributed by atoms with Crippen molar-refractivity contribution >= 4 is 23.6 Å². The number of hydrogen-bond donors (Lipinski definition) is 2. The van der Waals surface area contributed by atoms with Gasteiger partial charge in [0, 0.05) is 33.2 Å². The summed E-state index contributed by atoms with van der Waals surface area (Å²) in [5.74, 6) is -1.97. The number of nitrogens with zero attached hydrogens (tertiary/aromatic N) is 2. The Labute approximate surface area is 168 Å². The Morgan fingerprint density at radius 1 is 1.17 bits per heavy atom. The van der Waals surface area contributed by atoms with Gasteiger partial charge in [0.25, 0.3) is 11.8 Å². The molecule has 9 nitrogen and oxygen atoms in total. The molecule has 1 unspecified atom stereocenters. The molecule has 3 aliphatic rings. The van der Waals surface area contributed by atoms with Crippen molar-refractivity contribution in [2.45, 2.75) is 37.5 Å². The Morgan fingerprint density at radius 3 is 2.55 bits per heavy atom. The van der Waals surface area contributed by atoms with E-state index in [-0.39, 0.29) is 24.3 Å². The maximum Gasteiger partial charge on any atom is 0.262 e. The van der Waals surface area contributed by atoms with Gasteiger partial charge in [-0.15, -0.1) is 0 Å². The quantitative estimate of drug-likeness (QED) is 0.625. The topological polar surface area (TPSA) is 122 Å². The van der Waals surface area contributed by atoms with Crippen LogP contribution in [0.4, 0.5) is 0 Å². The zero-order chi connectivity index (χ0) is 20.8. The number of methoxy groups -OCH3 is 1. The van der Waals surface area contributed by atoms with Crippen molar-refractivity contribution in [3.05, 3.63) is 34.9 Å². The number of benzene rings is 1. The van der Waals surface area contributed by atoms with Crippen molar-refractivity contribution in [3.8, 4) is 0 Å². The number of rotatable bonds is 6. The van der Waals surface area contributed by atoms with Crippen molar-refractivity contribution in [2.75, 3.05) is 26.7 Å². The van der Waals surface area contributed by atoms with Gasteiger partial charge in [-0.05, 0) is 37.1 Å². The minimum Gasteiger partial charge on any atom is -0.376 e. The molecule has 9 heteroatoms. The van der Waals surface area contributed by atoms with Crippen LogP contribution in [0.1, 0.15) is 45.5 Å². The highest BCUT2D eigenvalue weighted by atomic mass is 16.5. The van der Waals surface area contributed by atoms with Crippen LogP contribution in [0.15, 0.2) is 18.2 Å². The summed E-state index contributed by atoms with van der Waals surface area (Å²) in [6, 6.07) is 4.24. The molecule has 0 spiro atoms. The van der Waals surface area contributed by atoms with Crippen LogP contribution in [0.25, 0.3) is 0 Å². The molecule has 1 aromatic carbocycles. The second-order valence-corrected chi connectivity index (χ2v) is 7.90.